The summed E-state index contributed by atoms with van der Waals surface area (Å²) >= 11 is 5.86. The molecule has 0 radical (unpaired) electrons. The monoisotopic (exact) mass is 235 g/mol. The maximum absolute atomic E-state index is 5.86. The Morgan fingerprint density at radius 3 is 2.75 bits per heavy atom. The maximum atomic E-state index is 5.86. The van der Waals surface area contributed by atoms with Crippen LogP contribution in [-0.4, -0.2) is 10.2 Å². The van der Waals surface area contributed by atoms with Crippen molar-refractivity contribution in [3.05, 3.63) is 46.2 Å². The molecule has 0 aliphatic heterocycles. The Kier molecular flexibility index (Phi) is 3.15. The number of H-pyrrole nitrogens is 1. The van der Waals surface area contributed by atoms with Crippen molar-refractivity contribution in [2.75, 3.05) is 5.73 Å². The Morgan fingerprint density at radius 2 is 2.12 bits per heavy atom. The highest BCUT2D eigenvalue weighted by molar-refractivity contribution is 6.33. The summed E-state index contributed by atoms with van der Waals surface area (Å²) < 4.78 is 0. The molecule has 0 spiro atoms. The van der Waals surface area contributed by atoms with Crippen molar-refractivity contribution in [1.29, 1.82) is 0 Å². The highest BCUT2D eigenvalue weighted by Gasteiger charge is 2.01. The first kappa shape index (κ1) is 11.0. The number of aryl methyl sites for hydroxylation is 3. The number of nitrogen functional groups attached to an aromatic ring is 1. The van der Waals surface area contributed by atoms with Gasteiger partial charge in [-0.3, -0.25) is 5.10 Å². The molecule has 0 saturated carbocycles. The molecule has 84 valence electrons. The molecule has 0 unspecified atom stereocenters. The number of benzene rings is 1. The van der Waals surface area contributed by atoms with Crippen LogP contribution < -0.4 is 5.73 Å². The molecule has 3 N–H and O–H groups in total. The van der Waals surface area contributed by atoms with E-state index in [-0.39, 0.29) is 0 Å². The van der Waals surface area contributed by atoms with Crippen LogP contribution in [0.25, 0.3) is 0 Å². The summed E-state index contributed by atoms with van der Waals surface area (Å²) in [4.78, 5) is 0. The maximum Gasteiger partial charge on any atom is 0.0635 e. The standard InChI is InChI=1S/C12H14ClN3/c1-8-6-10(16-15-8)4-2-9-3-5-11(13)12(14)7-9/h3,5-7H,2,4,14H2,1H3,(H,15,16). The van der Waals surface area contributed by atoms with Gasteiger partial charge < -0.3 is 5.73 Å². The molecule has 1 heterocycles. The third kappa shape index (κ3) is 2.55. The molecule has 1 aromatic carbocycles. The average Bonchev–Trinajstić information content (AvgIpc) is 2.66. The number of hydrogen-bond acceptors (Lipinski definition) is 2. The molecule has 2 rings (SSSR count). The van der Waals surface area contributed by atoms with Crippen LogP contribution in [0.2, 0.25) is 5.02 Å². The van der Waals surface area contributed by atoms with E-state index in [9.17, 15) is 0 Å². The number of nitrogens with zero attached hydrogens (tertiary/aromatic N) is 1. The second-order valence-corrected chi connectivity index (χ2v) is 4.31. The summed E-state index contributed by atoms with van der Waals surface area (Å²) in [5.41, 5.74) is 9.72. The Hall–Kier alpha value is -1.48. The van der Waals surface area contributed by atoms with Crippen LogP contribution in [0.4, 0.5) is 5.69 Å². The lowest BCUT2D eigenvalue weighted by molar-refractivity contribution is 0.890. The summed E-state index contributed by atoms with van der Waals surface area (Å²) in [6.45, 7) is 2.00. The van der Waals surface area contributed by atoms with Gasteiger partial charge in [-0.25, -0.2) is 0 Å². The smallest absolute Gasteiger partial charge is 0.0635 e. The van der Waals surface area contributed by atoms with Crippen molar-refractivity contribution in [3.8, 4) is 0 Å². The predicted octanol–water partition coefficient (Wildman–Crippen LogP) is 2.74. The minimum Gasteiger partial charge on any atom is -0.398 e. The fourth-order valence-corrected chi connectivity index (χ4v) is 1.74. The van der Waals surface area contributed by atoms with E-state index in [0.717, 1.165) is 24.2 Å². The summed E-state index contributed by atoms with van der Waals surface area (Å²) in [6, 6.07) is 7.81. The molecule has 0 fully saturated rings. The zero-order chi connectivity index (χ0) is 11.5. The molecule has 1 aromatic heterocycles. The number of nitrogens with two attached hydrogens (primary N) is 1. The second kappa shape index (κ2) is 4.58. The van der Waals surface area contributed by atoms with Gasteiger partial charge in [-0.1, -0.05) is 17.7 Å². The average molecular weight is 236 g/mol. The van der Waals surface area contributed by atoms with Gasteiger partial charge in [0.15, 0.2) is 0 Å². The van der Waals surface area contributed by atoms with Gasteiger partial charge in [0.2, 0.25) is 0 Å². The number of rotatable bonds is 3. The molecule has 2 aromatic rings. The molecule has 0 aliphatic carbocycles. The van der Waals surface area contributed by atoms with Crippen LogP contribution in [0, 0.1) is 6.92 Å². The lowest BCUT2D eigenvalue weighted by Crippen LogP contribution is -1.94. The fourth-order valence-electron chi connectivity index (χ4n) is 1.62. The molecule has 0 bridgehead atoms. The molecule has 16 heavy (non-hydrogen) atoms. The lowest BCUT2D eigenvalue weighted by Gasteiger charge is -2.02. The number of aromatic amines is 1. The third-order valence-corrected chi connectivity index (χ3v) is 2.83. The van der Waals surface area contributed by atoms with Crippen molar-refractivity contribution in [1.82, 2.24) is 10.2 Å². The van der Waals surface area contributed by atoms with Gasteiger partial charge in [-0.2, -0.15) is 5.10 Å². The molecule has 0 aliphatic rings. The van der Waals surface area contributed by atoms with Gasteiger partial charge in [0.05, 0.1) is 16.4 Å². The van der Waals surface area contributed by atoms with Crippen LogP contribution in [-0.2, 0) is 12.8 Å². The summed E-state index contributed by atoms with van der Waals surface area (Å²) in [5.74, 6) is 0. The summed E-state index contributed by atoms with van der Waals surface area (Å²) in [7, 11) is 0. The second-order valence-electron chi connectivity index (χ2n) is 3.90. The molecule has 0 atom stereocenters. The van der Waals surface area contributed by atoms with Crippen molar-refractivity contribution in [3.63, 3.8) is 0 Å². The Bertz CT molecular complexity index is 491. The fraction of sp³-hybridized carbons (Fsp3) is 0.250. The van der Waals surface area contributed by atoms with Crippen molar-refractivity contribution in [2.45, 2.75) is 19.8 Å². The number of nitrogens with one attached hydrogen (secondary N) is 1. The van der Waals surface area contributed by atoms with Crippen LogP contribution >= 0.6 is 11.6 Å². The predicted molar refractivity (Wildman–Crippen MR) is 66.6 cm³/mol. The van der Waals surface area contributed by atoms with E-state index in [1.807, 2.05) is 25.1 Å². The molecular formula is C12H14ClN3. The number of hydrogen-bond donors (Lipinski definition) is 2. The first-order valence-corrected chi connectivity index (χ1v) is 5.58. The first-order valence-electron chi connectivity index (χ1n) is 5.20. The molecule has 4 heteroatoms. The van der Waals surface area contributed by atoms with Crippen molar-refractivity contribution < 1.29 is 0 Å². The van der Waals surface area contributed by atoms with Crippen LogP contribution in [0.5, 0.6) is 0 Å². The van der Waals surface area contributed by atoms with Gasteiger partial charge in [0.1, 0.15) is 0 Å². The summed E-state index contributed by atoms with van der Waals surface area (Å²) in [6.07, 6.45) is 1.83. The minimum atomic E-state index is 0.611. The SMILES string of the molecule is Cc1cc(CCc2ccc(Cl)c(N)c2)n[nH]1. The topological polar surface area (TPSA) is 54.7 Å². The van der Waals surface area contributed by atoms with Gasteiger partial charge in [0.25, 0.3) is 0 Å². The Labute approximate surface area is 99.6 Å². The molecular weight excluding hydrogens is 222 g/mol. The molecule has 0 amide bonds. The van der Waals surface area contributed by atoms with E-state index in [0.29, 0.717) is 10.7 Å². The zero-order valence-corrected chi connectivity index (χ0v) is 9.88. The van der Waals surface area contributed by atoms with Crippen LogP contribution in [0.1, 0.15) is 17.0 Å². The summed E-state index contributed by atoms with van der Waals surface area (Å²) in [5, 5.41) is 7.73. The van der Waals surface area contributed by atoms with E-state index in [4.69, 9.17) is 17.3 Å². The van der Waals surface area contributed by atoms with E-state index in [2.05, 4.69) is 16.3 Å². The van der Waals surface area contributed by atoms with Gasteiger partial charge >= 0.3 is 0 Å². The van der Waals surface area contributed by atoms with Crippen LogP contribution in [0.15, 0.2) is 24.3 Å². The van der Waals surface area contributed by atoms with Gasteiger partial charge in [0, 0.05) is 5.69 Å². The zero-order valence-electron chi connectivity index (χ0n) is 9.13. The van der Waals surface area contributed by atoms with E-state index in [1.165, 1.54) is 5.56 Å². The number of anilines is 1. The number of halogens is 1. The van der Waals surface area contributed by atoms with Crippen molar-refractivity contribution in [2.24, 2.45) is 0 Å². The Morgan fingerprint density at radius 1 is 1.31 bits per heavy atom. The third-order valence-electron chi connectivity index (χ3n) is 2.49. The van der Waals surface area contributed by atoms with Crippen molar-refractivity contribution >= 4 is 17.3 Å². The minimum absolute atomic E-state index is 0.611. The normalized spacial score (nSPS) is 10.6. The van der Waals surface area contributed by atoms with Gasteiger partial charge in [-0.15, -0.1) is 0 Å². The highest BCUT2D eigenvalue weighted by atomic mass is 35.5. The largest absolute Gasteiger partial charge is 0.398 e. The highest BCUT2D eigenvalue weighted by Crippen LogP contribution is 2.20. The lowest BCUT2D eigenvalue weighted by atomic mass is 10.1. The van der Waals surface area contributed by atoms with E-state index >= 15 is 0 Å². The molecule has 0 saturated heterocycles. The van der Waals surface area contributed by atoms with E-state index < -0.39 is 0 Å². The van der Waals surface area contributed by atoms with Gasteiger partial charge in [-0.05, 0) is 43.5 Å². The van der Waals surface area contributed by atoms with Crippen LogP contribution in [0.3, 0.4) is 0 Å². The Balaban J connectivity index is 2.02. The molecule has 3 nitrogen and oxygen atoms in total. The van der Waals surface area contributed by atoms with E-state index in [1.54, 1.807) is 0 Å². The quantitative estimate of drug-likeness (QED) is 0.804. The first-order chi connectivity index (χ1) is 7.65. The number of aromatic nitrogens is 2.